The van der Waals surface area contributed by atoms with Gasteiger partial charge in [0.1, 0.15) is 0 Å². The van der Waals surface area contributed by atoms with Gasteiger partial charge in [-0.15, -0.1) is 11.3 Å². The Morgan fingerprint density at radius 3 is 2.61 bits per heavy atom. The number of carbonyl (C=O) groups excluding carboxylic acids is 2. The molecule has 0 radical (unpaired) electrons. The highest BCUT2D eigenvalue weighted by atomic mass is 35.5. The summed E-state index contributed by atoms with van der Waals surface area (Å²) in [6, 6.07) is 19.7. The quantitative estimate of drug-likeness (QED) is 0.255. The number of nitrogens with zero attached hydrogens (tertiary/aromatic N) is 2. The number of piperidine rings is 1. The lowest BCUT2D eigenvalue weighted by atomic mass is 9.84. The summed E-state index contributed by atoms with van der Waals surface area (Å²) < 4.78 is 0. The zero-order valence-electron chi connectivity index (χ0n) is 23.7. The number of benzene rings is 2. The summed E-state index contributed by atoms with van der Waals surface area (Å²) in [6.07, 6.45) is 4.66. The Morgan fingerprint density at radius 1 is 1.12 bits per heavy atom. The molecule has 2 aromatic heterocycles. The fraction of sp³-hybridized carbons (Fsp3) is 0.394. The van der Waals surface area contributed by atoms with E-state index in [2.05, 4.69) is 46.8 Å². The molecule has 1 fully saturated rings. The number of hydrogen-bond acceptors (Lipinski definition) is 4. The standard InChI is InChI=1S/C33H37ClN4O2S/c1-37(2)33(29-12-7-19-41-29)15-17-38(18-16-33)30(39)21-28(22-8-4-3-5-9-22)36-32(40)25-11-6-10-24-26-20-23(34)13-14-27(26)35-31(24)25/h3-5,7-9,12-14,19-20,25,28,35H,6,10-11,15-18,21H2,1-2H3,(H,36,40). The summed E-state index contributed by atoms with van der Waals surface area (Å²) in [5.41, 5.74) is 4.08. The van der Waals surface area contributed by atoms with Crippen molar-refractivity contribution in [1.29, 1.82) is 0 Å². The van der Waals surface area contributed by atoms with Gasteiger partial charge in [-0.05, 0) is 87.0 Å². The molecular formula is C33H37ClN4O2S. The van der Waals surface area contributed by atoms with Gasteiger partial charge in [-0.25, -0.2) is 0 Å². The van der Waals surface area contributed by atoms with Gasteiger partial charge in [-0.3, -0.25) is 14.5 Å². The lowest BCUT2D eigenvalue weighted by Gasteiger charge is -2.46. The van der Waals surface area contributed by atoms with E-state index in [0.29, 0.717) is 18.1 Å². The Hall–Kier alpha value is -3.13. The molecule has 2 atom stereocenters. The van der Waals surface area contributed by atoms with Crippen LogP contribution >= 0.6 is 22.9 Å². The van der Waals surface area contributed by atoms with Crippen LogP contribution in [0.25, 0.3) is 10.9 Å². The van der Waals surface area contributed by atoms with Crippen molar-refractivity contribution >= 4 is 45.7 Å². The molecule has 1 aliphatic carbocycles. The molecule has 1 aliphatic heterocycles. The third-order valence-electron chi connectivity index (χ3n) is 9.16. The van der Waals surface area contributed by atoms with Crippen molar-refractivity contribution < 1.29 is 9.59 Å². The summed E-state index contributed by atoms with van der Waals surface area (Å²) in [5, 5.41) is 7.21. The molecule has 41 heavy (non-hydrogen) atoms. The minimum absolute atomic E-state index is 0.0341. The molecule has 2 unspecified atom stereocenters. The summed E-state index contributed by atoms with van der Waals surface area (Å²) in [7, 11) is 4.27. The number of aromatic nitrogens is 1. The predicted molar refractivity (Wildman–Crippen MR) is 166 cm³/mol. The third-order valence-corrected chi connectivity index (χ3v) is 10.5. The maximum atomic E-state index is 13.9. The number of fused-ring (bicyclic) bond motifs is 3. The fourth-order valence-corrected chi connectivity index (χ4v) is 8.03. The van der Waals surface area contributed by atoms with Crippen LogP contribution in [0, 0.1) is 0 Å². The van der Waals surface area contributed by atoms with Crippen LogP contribution in [-0.4, -0.2) is 53.8 Å². The van der Waals surface area contributed by atoms with E-state index < -0.39 is 6.04 Å². The lowest BCUT2D eigenvalue weighted by Crippen LogP contribution is -2.51. The highest BCUT2D eigenvalue weighted by molar-refractivity contribution is 7.10. The number of aryl methyl sites for hydroxylation is 1. The largest absolute Gasteiger partial charge is 0.357 e. The fourth-order valence-electron chi connectivity index (χ4n) is 6.79. The van der Waals surface area contributed by atoms with E-state index in [4.69, 9.17) is 11.6 Å². The Balaban J connectivity index is 1.19. The number of hydrogen-bond donors (Lipinski definition) is 2. The molecule has 6 rings (SSSR count). The van der Waals surface area contributed by atoms with E-state index in [9.17, 15) is 9.59 Å². The topological polar surface area (TPSA) is 68.4 Å². The van der Waals surface area contributed by atoms with Crippen LogP contribution in [0.15, 0.2) is 66.0 Å². The van der Waals surface area contributed by atoms with Crippen molar-refractivity contribution in [1.82, 2.24) is 20.1 Å². The van der Waals surface area contributed by atoms with Crippen molar-refractivity contribution in [2.45, 2.75) is 56.0 Å². The van der Waals surface area contributed by atoms with Gasteiger partial charge in [-0.1, -0.05) is 48.0 Å². The van der Waals surface area contributed by atoms with Crippen molar-refractivity contribution in [3.8, 4) is 0 Å². The van der Waals surface area contributed by atoms with E-state index in [1.54, 1.807) is 11.3 Å². The molecule has 2 N–H and O–H groups in total. The second kappa shape index (κ2) is 11.6. The van der Waals surface area contributed by atoms with Crippen LogP contribution in [0.1, 0.15) is 65.8 Å². The number of likely N-dealkylation sites (tertiary alicyclic amines) is 1. The van der Waals surface area contributed by atoms with Crippen LogP contribution in [0.2, 0.25) is 5.02 Å². The highest BCUT2D eigenvalue weighted by Crippen LogP contribution is 2.40. The Bertz CT molecular complexity index is 1520. The molecule has 6 nitrogen and oxygen atoms in total. The number of thiophene rings is 1. The number of H-pyrrole nitrogens is 1. The summed E-state index contributed by atoms with van der Waals surface area (Å²) >= 11 is 8.08. The van der Waals surface area contributed by atoms with Crippen molar-refractivity contribution in [2.24, 2.45) is 0 Å². The molecule has 3 heterocycles. The third kappa shape index (κ3) is 5.43. The summed E-state index contributed by atoms with van der Waals surface area (Å²) in [4.78, 5) is 36.7. The Kier molecular flexibility index (Phi) is 7.94. The SMILES string of the molecule is CN(C)C1(c2cccs2)CCN(C(=O)CC(NC(=O)C2CCCc3c2[nH]c2ccc(Cl)cc32)c2ccccc2)CC1. The van der Waals surface area contributed by atoms with Crippen molar-refractivity contribution in [3.05, 3.63) is 92.8 Å². The van der Waals surface area contributed by atoms with Gasteiger partial charge < -0.3 is 15.2 Å². The molecule has 1 saturated heterocycles. The monoisotopic (exact) mass is 588 g/mol. The number of aromatic amines is 1. The summed E-state index contributed by atoms with van der Waals surface area (Å²) in [6.45, 7) is 1.40. The second-order valence-electron chi connectivity index (χ2n) is 11.6. The van der Waals surface area contributed by atoms with Crippen LogP contribution in [0.3, 0.4) is 0 Å². The summed E-state index contributed by atoms with van der Waals surface area (Å²) in [5.74, 6) is -0.233. The number of nitrogens with one attached hydrogen (secondary N) is 2. The molecular weight excluding hydrogens is 552 g/mol. The first-order valence-corrected chi connectivity index (χ1v) is 15.8. The zero-order valence-corrected chi connectivity index (χ0v) is 25.2. The average molecular weight is 589 g/mol. The number of halogens is 1. The molecule has 0 spiro atoms. The molecule has 0 saturated carbocycles. The van der Waals surface area contributed by atoms with Crippen LogP contribution in [0.4, 0.5) is 0 Å². The van der Waals surface area contributed by atoms with Crippen LogP contribution < -0.4 is 5.32 Å². The molecule has 8 heteroatoms. The number of amides is 2. The highest BCUT2D eigenvalue weighted by Gasteiger charge is 2.40. The number of carbonyl (C=O) groups is 2. The number of rotatable bonds is 7. The van der Waals surface area contributed by atoms with Crippen LogP contribution in [0.5, 0.6) is 0 Å². The van der Waals surface area contributed by atoms with E-state index in [1.165, 1.54) is 10.4 Å². The molecule has 2 aromatic carbocycles. The van der Waals surface area contributed by atoms with Gasteiger partial charge in [-0.2, -0.15) is 0 Å². The van der Waals surface area contributed by atoms with Crippen molar-refractivity contribution in [2.75, 3.05) is 27.2 Å². The smallest absolute Gasteiger partial charge is 0.229 e. The first-order valence-electron chi connectivity index (χ1n) is 14.5. The van der Waals surface area contributed by atoms with Gasteiger partial charge in [0, 0.05) is 39.6 Å². The van der Waals surface area contributed by atoms with E-state index >= 15 is 0 Å². The second-order valence-corrected chi connectivity index (χ2v) is 13.0. The van der Waals surface area contributed by atoms with Gasteiger partial charge in [0.25, 0.3) is 0 Å². The molecule has 2 aliphatic rings. The van der Waals surface area contributed by atoms with Crippen molar-refractivity contribution in [3.63, 3.8) is 0 Å². The molecule has 2 amide bonds. The normalized spacial score (nSPS) is 19.2. The maximum absolute atomic E-state index is 13.9. The first-order chi connectivity index (χ1) is 19.9. The van der Waals surface area contributed by atoms with E-state index in [-0.39, 0.29) is 29.7 Å². The Labute approximate surface area is 250 Å². The lowest BCUT2D eigenvalue weighted by molar-refractivity contribution is -0.134. The maximum Gasteiger partial charge on any atom is 0.229 e. The van der Waals surface area contributed by atoms with Gasteiger partial charge in [0.15, 0.2) is 0 Å². The minimum Gasteiger partial charge on any atom is -0.357 e. The average Bonchev–Trinajstić information content (AvgIpc) is 3.66. The minimum atomic E-state index is -0.391. The van der Waals surface area contributed by atoms with Crippen LogP contribution in [-0.2, 0) is 21.5 Å². The molecule has 0 bridgehead atoms. The van der Waals surface area contributed by atoms with Gasteiger partial charge in [0.2, 0.25) is 11.8 Å². The predicted octanol–water partition coefficient (Wildman–Crippen LogP) is 6.63. The Morgan fingerprint density at radius 2 is 1.90 bits per heavy atom. The van der Waals surface area contributed by atoms with Gasteiger partial charge in [0.05, 0.1) is 23.9 Å². The van der Waals surface area contributed by atoms with E-state index in [0.717, 1.165) is 54.3 Å². The molecule has 4 aromatic rings. The zero-order chi connectivity index (χ0) is 28.6. The van der Waals surface area contributed by atoms with Gasteiger partial charge >= 0.3 is 0 Å². The molecule has 214 valence electrons. The van der Waals surface area contributed by atoms with E-state index in [1.807, 2.05) is 53.4 Å². The first kappa shape index (κ1) is 28.0.